The fourth-order valence-electron chi connectivity index (χ4n) is 1.89. The van der Waals surface area contributed by atoms with Crippen LogP contribution in [0.25, 0.3) is 0 Å². The first-order chi connectivity index (χ1) is 9.21. The second kappa shape index (κ2) is 8.79. The van der Waals surface area contributed by atoms with Gasteiger partial charge >= 0.3 is 12.1 Å². The molecule has 0 radical (unpaired) electrons. The quantitative estimate of drug-likeness (QED) is 0.598. The van der Waals surface area contributed by atoms with Crippen LogP contribution in [0.3, 0.4) is 0 Å². The van der Waals surface area contributed by atoms with E-state index in [9.17, 15) is 14.7 Å². The number of ether oxygens (including phenoxy) is 1. The number of nitrogens with one attached hydrogen (secondary N) is 2. The van der Waals surface area contributed by atoms with Crippen LogP contribution in [0.2, 0.25) is 0 Å². The summed E-state index contributed by atoms with van der Waals surface area (Å²) in [5.74, 6) is -0.994. The van der Waals surface area contributed by atoms with E-state index >= 15 is 0 Å². The van der Waals surface area contributed by atoms with Crippen molar-refractivity contribution in [1.82, 2.24) is 10.9 Å². The van der Waals surface area contributed by atoms with Crippen LogP contribution in [0.5, 0.6) is 0 Å². The van der Waals surface area contributed by atoms with Gasteiger partial charge in [-0.15, -0.1) is 0 Å². The molecular weight excluding hydrogens is 260 g/mol. The van der Waals surface area contributed by atoms with Crippen LogP contribution >= 0.6 is 0 Å². The predicted molar refractivity (Wildman–Crippen MR) is 77.2 cm³/mol. The molecule has 0 saturated heterocycles. The zero-order valence-corrected chi connectivity index (χ0v) is 13.2. The number of unbranched alkanes of at least 4 members (excludes halogenated alkanes) is 1. The average molecular weight is 288 g/mol. The highest BCUT2D eigenvalue weighted by molar-refractivity contribution is 5.75. The Morgan fingerprint density at radius 2 is 1.85 bits per heavy atom. The molecule has 6 nitrogen and oxygen atoms in total. The second-order valence-electron chi connectivity index (χ2n) is 5.90. The first-order valence-corrected chi connectivity index (χ1v) is 7.18. The Kier molecular flexibility index (Phi) is 8.22. The van der Waals surface area contributed by atoms with E-state index in [1.54, 1.807) is 20.8 Å². The van der Waals surface area contributed by atoms with Gasteiger partial charge in [-0.1, -0.05) is 33.1 Å². The smallest absolute Gasteiger partial charge is 0.422 e. The Balaban J connectivity index is 4.46. The van der Waals surface area contributed by atoms with Gasteiger partial charge in [0.1, 0.15) is 11.6 Å². The van der Waals surface area contributed by atoms with Crippen LogP contribution < -0.4 is 10.9 Å². The van der Waals surface area contributed by atoms with Crippen molar-refractivity contribution in [1.29, 1.82) is 0 Å². The molecule has 0 spiro atoms. The summed E-state index contributed by atoms with van der Waals surface area (Å²) < 4.78 is 5.06. The summed E-state index contributed by atoms with van der Waals surface area (Å²) in [6.45, 7) is 9.26. The molecule has 0 aliphatic heterocycles. The lowest BCUT2D eigenvalue weighted by Gasteiger charge is -2.25. The van der Waals surface area contributed by atoms with Gasteiger partial charge in [-0.3, -0.25) is 10.2 Å². The monoisotopic (exact) mass is 288 g/mol. The van der Waals surface area contributed by atoms with Gasteiger partial charge < -0.3 is 9.84 Å². The molecule has 0 saturated carbocycles. The van der Waals surface area contributed by atoms with Crippen molar-refractivity contribution in [2.24, 2.45) is 5.92 Å². The van der Waals surface area contributed by atoms with Crippen LogP contribution in [-0.4, -0.2) is 28.8 Å². The highest BCUT2D eigenvalue weighted by Gasteiger charge is 2.27. The van der Waals surface area contributed by atoms with Crippen LogP contribution in [0, 0.1) is 5.92 Å². The van der Waals surface area contributed by atoms with Crippen molar-refractivity contribution < 1.29 is 19.4 Å². The molecule has 0 rings (SSSR count). The molecule has 20 heavy (non-hydrogen) atoms. The molecule has 6 heteroatoms. The minimum Gasteiger partial charge on any atom is -0.480 e. The molecule has 3 N–H and O–H groups in total. The Morgan fingerprint density at radius 3 is 2.25 bits per heavy atom. The van der Waals surface area contributed by atoms with E-state index in [1.165, 1.54) is 0 Å². The summed E-state index contributed by atoms with van der Waals surface area (Å²) in [5.41, 5.74) is 4.28. The van der Waals surface area contributed by atoms with Gasteiger partial charge in [-0.2, -0.15) is 0 Å². The zero-order chi connectivity index (χ0) is 15.8. The van der Waals surface area contributed by atoms with E-state index < -0.39 is 23.7 Å². The predicted octanol–water partition coefficient (Wildman–Crippen LogP) is 2.69. The lowest BCUT2D eigenvalue weighted by Crippen LogP contribution is -2.52. The Bertz CT molecular complexity index is 313. The standard InChI is InChI=1S/C14H28N2O4/c1-6-8-9-10(7-2)11(12(17)18)15-16-13(19)20-14(3,4)5/h10-11,15H,6-9H2,1-5H3,(H,16,19)(H,17,18). The third-order valence-corrected chi connectivity index (χ3v) is 2.92. The van der Waals surface area contributed by atoms with E-state index in [2.05, 4.69) is 17.8 Å². The van der Waals surface area contributed by atoms with Crippen molar-refractivity contribution in [3.63, 3.8) is 0 Å². The van der Waals surface area contributed by atoms with E-state index in [0.717, 1.165) is 25.7 Å². The molecular formula is C14H28N2O4. The third-order valence-electron chi connectivity index (χ3n) is 2.92. The van der Waals surface area contributed by atoms with Gasteiger partial charge in [0.05, 0.1) is 0 Å². The second-order valence-corrected chi connectivity index (χ2v) is 5.90. The van der Waals surface area contributed by atoms with E-state index in [4.69, 9.17) is 4.74 Å². The van der Waals surface area contributed by atoms with Gasteiger partial charge in [0, 0.05) is 0 Å². The highest BCUT2D eigenvalue weighted by Crippen LogP contribution is 2.17. The molecule has 0 aromatic carbocycles. The van der Waals surface area contributed by atoms with Gasteiger partial charge in [0.25, 0.3) is 0 Å². The van der Waals surface area contributed by atoms with Crippen molar-refractivity contribution in [2.75, 3.05) is 0 Å². The van der Waals surface area contributed by atoms with Crippen LogP contribution in [-0.2, 0) is 9.53 Å². The van der Waals surface area contributed by atoms with Gasteiger partial charge in [0.15, 0.2) is 0 Å². The van der Waals surface area contributed by atoms with E-state index in [1.807, 2.05) is 6.92 Å². The molecule has 0 aromatic heterocycles. The number of carbonyl (C=O) groups excluding carboxylic acids is 1. The number of amides is 1. The van der Waals surface area contributed by atoms with E-state index in [-0.39, 0.29) is 5.92 Å². The number of carbonyl (C=O) groups is 2. The first-order valence-electron chi connectivity index (χ1n) is 7.18. The van der Waals surface area contributed by atoms with Crippen LogP contribution in [0.1, 0.15) is 60.3 Å². The fourth-order valence-corrected chi connectivity index (χ4v) is 1.89. The average Bonchev–Trinajstić information content (AvgIpc) is 2.30. The molecule has 0 fully saturated rings. The number of carboxylic acid groups (broad SMARTS) is 1. The third kappa shape index (κ3) is 7.99. The lowest BCUT2D eigenvalue weighted by molar-refractivity contribution is -0.141. The number of aliphatic carboxylic acids is 1. The molecule has 0 aliphatic rings. The molecule has 118 valence electrons. The minimum atomic E-state index is -0.969. The number of rotatable bonds is 8. The summed E-state index contributed by atoms with van der Waals surface area (Å²) in [7, 11) is 0. The van der Waals surface area contributed by atoms with Gasteiger partial charge in [-0.25, -0.2) is 10.2 Å². The minimum absolute atomic E-state index is 0.0256. The summed E-state index contributed by atoms with van der Waals surface area (Å²) in [6.07, 6.45) is 2.86. The first kappa shape index (κ1) is 18.7. The number of hydrogen-bond acceptors (Lipinski definition) is 4. The topological polar surface area (TPSA) is 87.7 Å². The molecule has 0 heterocycles. The Morgan fingerprint density at radius 1 is 1.25 bits per heavy atom. The molecule has 0 aliphatic carbocycles. The number of hydrazine groups is 1. The summed E-state index contributed by atoms with van der Waals surface area (Å²) in [6, 6.07) is -0.806. The van der Waals surface area contributed by atoms with Crippen molar-refractivity contribution in [2.45, 2.75) is 71.9 Å². The van der Waals surface area contributed by atoms with E-state index in [0.29, 0.717) is 0 Å². The number of hydrogen-bond donors (Lipinski definition) is 3. The van der Waals surface area contributed by atoms with Crippen molar-refractivity contribution in [3.05, 3.63) is 0 Å². The lowest BCUT2D eigenvalue weighted by atomic mass is 9.92. The molecule has 2 atom stereocenters. The normalized spacial score (nSPS) is 14.4. The molecule has 0 aromatic rings. The molecule has 2 unspecified atom stereocenters. The maximum absolute atomic E-state index is 11.5. The largest absolute Gasteiger partial charge is 0.480 e. The maximum atomic E-state index is 11.5. The zero-order valence-electron chi connectivity index (χ0n) is 13.2. The SMILES string of the molecule is CCCCC(CC)C(NNC(=O)OC(C)(C)C)C(=O)O. The van der Waals surface area contributed by atoms with Gasteiger partial charge in [0.2, 0.25) is 0 Å². The Hall–Kier alpha value is -1.30. The van der Waals surface area contributed by atoms with Crippen LogP contribution in [0.15, 0.2) is 0 Å². The summed E-state index contributed by atoms with van der Waals surface area (Å²) in [4.78, 5) is 22.8. The Labute approximate surface area is 121 Å². The molecule has 0 bridgehead atoms. The highest BCUT2D eigenvalue weighted by atomic mass is 16.6. The number of carboxylic acids is 1. The summed E-state index contributed by atoms with van der Waals surface area (Å²) >= 11 is 0. The van der Waals surface area contributed by atoms with Crippen LogP contribution in [0.4, 0.5) is 4.79 Å². The fraction of sp³-hybridized carbons (Fsp3) is 0.857. The van der Waals surface area contributed by atoms with Crippen molar-refractivity contribution >= 4 is 12.1 Å². The molecule has 1 amide bonds. The van der Waals surface area contributed by atoms with Gasteiger partial charge in [-0.05, 0) is 33.1 Å². The maximum Gasteiger partial charge on any atom is 0.422 e. The van der Waals surface area contributed by atoms with Crippen molar-refractivity contribution in [3.8, 4) is 0 Å². The summed E-state index contributed by atoms with van der Waals surface area (Å²) in [5, 5.41) is 9.26.